The Morgan fingerprint density at radius 1 is 1.21 bits per heavy atom. The molecule has 3 rings (SSSR count). The molecule has 24 heavy (non-hydrogen) atoms. The fourth-order valence-corrected chi connectivity index (χ4v) is 2.89. The van der Waals surface area contributed by atoms with Gasteiger partial charge in [-0.3, -0.25) is 9.78 Å². The molecule has 0 atom stereocenters. The number of rotatable bonds is 6. The monoisotopic (exact) mass is 339 g/mol. The molecule has 0 unspecified atom stereocenters. The van der Waals surface area contributed by atoms with Crippen LogP contribution in [0.25, 0.3) is 10.7 Å². The molecule has 5 nitrogen and oxygen atoms in total. The van der Waals surface area contributed by atoms with Crippen molar-refractivity contribution in [1.82, 2.24) is 15.3 Å². The number of hydrogen-bond donors (Lipinski definition) is 1. The molecule has 0 saturated heterocycles. The minimum absolute atomic E-state index is 0.0118. The van der Waals surface area contributed by atoms with Crippen molar-refractivity contribution in [2.24, 2.45) is 0 Å². The maximum Gasteiger partial charge on any atom is 0.258 e. The summed E-state index contributed by atoms with van der Waals surface area (Å²) in [5.41, 5.74) is 2.65. The molecule has 0 fully saturated rings. The molecule has 0 spiro atoms. The number of pyridine rings is 1. The Labute approximate surface area is 144 Å². The van der Waals surface area contributed by atoms with Gasteiger partial charge in [-0.05, 0) is 30.7 Å². The molecule has 3 aromatic rings. The standard InChI is InChI=1S/C18H17N3O2S/c1-13-6-2-3-8-16(13)23-11-17(22)20-10-14-12-24-18(21-14)15-7-4-5-9-19-15/h2-9,12H,10-11H2,1H3,(H,20,22). The van der Waals surface area contributed by atoms with Crippen molar-refractivity contribution < 1.29 is 9.53 Å². The number of carbonyl (C=O) groups is 1. The molecule has 0 aliphatic carbocycles. The highest BCUT2D eigenvalue weighted by Crippen LogP contribution is 2.21. The number of benzene rings is 1. The van der Waals surface area contributed by atoms with Crippen molar-refractivity contribution in [1.29, 1.82) is 0 Å². The van der Waals surface area contributed by atoms with Crippen LogP contribution in [0.2, 0.25) is 0 Å². The molecule has 0 aliphatic rings. The van der Waals surface area contributed by atoms with Crippen LogP contribution in [0, 0.1) is 6.92 Å². The Bertz CT molecular complexity index is 818. The lowest BCUT2D eigenvalue weighted by atomic mass is 10.2. The molecule has 0 aliphatic heterocycles. The number of carbonyl (C=O) groups excluding carboxylic acids is 1. The molecule has 1 N–H and O–H groups in total. The first-order valence-corrected chi connectivity index (χ1v) is 8.41. The predicted molar refractivity (Wildman–Crippen MR) is 93.9 cm³/mol. The van der Waals surface area contributed by atoms with Crippen LogP contribution in [0.5, 0.6) is 5.75 Å². The Morgan fingerprint density at radius 2 is 2.04 bits per heavy atom. The van der Waals surface area contributed by atoms with E-state index in [9.17, 15) is 4.79 Å². The largest absolute Gasteiger partial charge is 0.484 e. The van der Waals surface area contributed by atoms with Gasteiger partial charge in [0.05, 0.1) is 17.9 Å². The third-order valence-electron chi connectivity index (χ3n) is 3.35. The zero-order valence-electron chi connectivity index (χ0n) is 13.2. The fraction of sp³-hybridized carbons (Fsp3) is 0.167. The summed E-state index contributed by atoms with van der Waals surface area (Å²) in [6, 6.07) is 13.3. The van der Waals surface area contributed by atoms with Crippen LogP contribution in [-0.2, 0) is 11.3 Å². The van der Waals surface area contributed by atoms with E-state index in [0.29, 0.717) is 6.54 Å². The minimum atomic E-state index is -0.175. The average Bonchev–Trinajstić information content (AvgIpc) is 3.09. The SMILES string of the molecule is Cc1ccccc1OCC(=O)NCc1csc(-c2ccccn2)n1. The normalized spacial score (nSPS) is 10.4. The number of aromatic nitrogens is 2. The molecule has 1 amide bonds. The van der Waals surface area contributed by atoms with E-state index in [2.05, 4.69) is 15.3 Å². The van der Waals surface area contributed by atoms with Gasteiger partial charge in [0.2, 0.25) is 0 Å². The molecular weight excluding hydrogens is 322 g/mol. The van der Waals surface area contributed by atoms with Crippen molar-refractivity contribution in [2.45, 2.75) is 13.5 Å². The lowest BCUT2D eigenvalue weighted by Crippen LogP contribution is -2.28. The second-order valence-corrected chi connectivity index (χ2v) is 6.05. The summed E-state index contributed by atoms with van der Waals surface area (Å²) in [6.07, 6.45) is 1.74. The van der Waals surface area contributed by atoms with E-state index in [1.807, 2.05) is 54.8 Å². The van der Waals surface area contributed by atoms with Crippen LogP contribution in [-0.4, -0.2) is 22.5 Å². The Kier molecular flexibility index (Phi) is 5.18. The molecule has 122 valence electrons. The highest BCUT2D eigenvalue weighted by atomic mass is 32.1. The lowest BCUT2D eigenvalue weighted by Gasteiger charge is -2.08. The summed E-state index contributed by atoms with van der Waals surface area (Å²) in [6.45, 7) is 2.31. The number of hydrogen-bond acceptors (Lipinski definition) is 5. The smallest absolute Gasteiger partial charge is 0.258 e. The van der Waals surface area contributed by atoms with Crippen LogP contribution in [0.15, 0.2) is 54.0 Å². The van der Waals surface area contributed by atoms with Crippen molar-refractivity contribution in [3.8, 4) is 16.5 Å². The van der Waals surface area contributed by atoms with Crippen LogP contribution in [0.1, 0.15) is 11.3 Å². The molecule has 0 radical (unpaired) electrons. The molecule has 1 aromatic carbocycles. The highest BCUT2D eigenvalue weighted by Gasteiger charge is 2.08. The molecular formula is C18H17N3O2S. The maximum atomic E-state index is 11.9. The van der Waals surface area contributed by atoms with E-state index in [1.54, 1.807) is 6.20 Å². The molecule has 2 heterocycles. The number of ether oxygens (including phenoxy) is 1. The van der Waals surface area contributed by atoms with Crippen molar-refractivity contribution in [3.05, 3.63) is 65.3 Å². The molecule has 6 heteroatoms. The van der Waals surface area contributed by atoms with Gasteiger partial charge >= 0.3 is 0 Å². The second-order valence-electron chi connectivity index (χ2n) is 5.19. The summed E-state index contributed by atoms with van der Waals surface area (Å²) in [4.78, 5) is 20.7. The van der Waals surface area contributed by atoms with Crippen LogP contribution in [0.3, 0.4) is 0 Å². The van der Waals surface area contributed by atoms with E-state index < -0.39 is 0 Å². The van der Waals surface area contributed by atoms with Crippen LogP contribution in [0.4, 0.5) is 0 Å². The fourth-order valence-electron chi connectivity index (χ4n) is 2.10. The van der Waals surface area contributed by atoms with Gasteiger partial charge in [-0.2, -0.15) is 0 Å². The summed E-state index contributed by atoms with van der Waals surface area (Å²) < 4.78 is 5.52. The zero-order chi connectivity index (χ0) is 16.8. The summed E-state index contributed by atoms with van der Waals surface area (Å²) in [5.74, 6) is 0.546. The number of aryl methyl sites for hydroxylation is 1. The third-order valence-corrected chi connectivity index (χ3v) is 4.27. The number of amides is 1. The minimum Gasteiger partial charge on any atom is -0.484 e. The van der Waals surface area contributed by atoms with Crippen LogP contribution >= 0.6 is 11.3 Å². The van der Waals surface area contributed by atoms with Gasteiger partial charge in [0.1, 0.15) is 10.8 Å². The van der Waals surface area contributed by atoms with Gasteiger partial charge in [-0.25, -0.2) is 4.98 Å². The van der Waals surface area contributed by atoms with Gasteiger partial charge in [0.25, 0.3) is 5.91 Å². The molecule has 0 bridgehead atoms. The Morgan fingerprint density at radius 3 is 2.83 bits per heavy atom. The first-order chi connectivity index (χ1) is 11.7. The summed E-state index contributed by atoms with van der Waals surface area (Å²) >= 11 is 1.51. The summed E-state index contributed by atoms with van der Waals surface area (Å²) in [7, 11) is 0. The topological polar surface area (TPSA) is 64.1 Å². The van der Waals surface area contributed by atoms with Gasteiger partial charge in [0.15, 0.2) is 6.61 Å². The number of para-hydroxylation sites is 1. The van der Waals surface area contributed by atoms with E-state index in [4.69, 9.17) is 4.74 Å². The Hall–Kier alpha value is -2.73. The first kappa shape index (κ1) is 16.1. The van der Waals surface area contributed by atoms with E-state index in [-0.39, 0.29) is 12.5 Å². The average molecular weight is 339 g/mol. The zero-order valence-corrected chi connectivity index (χ0v) is 14.0. The quantitative estimate of drug-likeness (QED) is 0.749. The molecule has 2 aromatic heterocycles. The van der Waals surface area contributed by atoms with Crippen molar-refractivity contribution >= 4 is 17.2 Å². The van der Waals surface area contributed by atoms with Gasteiger partial charge < -0.3 is 10.1 Å². The summed E-state index contributed by atoms with van der Waals surface area (Å²) in [5, 5.41) is 5.58. The predicted octanol–water partition coefficient (Wildman–Crippen LogP) is 3.21. The van der Waals surface area contributed by atoms with E-state index in [0.717, 1.165) is 27.7 Å². The number of nitrogens with zero attached hydrogens (tertiary/aromatic N) is 2. The van der Waals surface area contributed by atoms with E-state index in [1.165, 1.54) is 11.3 Å². The van der Waals surface area contributed by atoms with Gasteiger partial charge in [-0.1, -0.05) is 24.3 Å². The van der Waals surface area contributed by atoms with Crippen LogP contribution < -0.4 is 10.1 Å². The maximum absolute atomic E-state index is 11.9. The third kappa shape index (κ3) is 4.17. The highest BCUT2D eigenvalue weighted by molar-refractivity contribution is 7.13. The Balaban J connectivity index is 1.50. The lowest BCUT2D eigenvalue weighted by molar-refractivity contribution is -0.123. The van der Waals surface area contributed by atoms with Gasteiger partial charge in [-0.15, -0.1) is 11.3 Å². The second kappa shape index (κ2) is 7.70. The van der Waals surface area contributed by atoms with Crippen molar-refractivity contribution in [3.63, 3.8) is 0 Å². The first-order valence-electron chi connectivity index (χ1n) is 7.53. The number of thiazole rings is 1. The van der Waals surface area contributed by atoms with Crippen molar-refractivity contribution in [2.75, 3.05) is 6.61 Å². The molecule has 0 saturated carbocycles. The number of nitrogens with one attached hydrogen (secondary N) is 1. The van der Waals surface area contributed by atoms with Gasteiger partial charge in [0, 0.05) is 11.6 Å². The van der Waals surface area contributed by atoms with E-state index >= 15 is 0 Å².